The van der Waals surface area contributed by atoms with Gasteiger partial charge in [-0.15, -0.1) is 8.58 Å². The quantitative estimate of drug-likeness (QED) is 0.643. The first-order chi connectivity index (χ1) is 6.53. The lowest BCUT2D eigenvalue weighted by atomic mass is 9.88. The molecule has 0 aromatic heterocycles. The van der Waals surface area contributed by atoms with Gasteiger partial charge in [0.2, 0.25) is 0 Å². The van der Waals surface area contributed by atoms with E-state index in [9.17, 15) is 0 Å². The first-order valence-corrected chi connectivity index (χ1v) is 6.83. The largest absolute Gasteiger partial charge is 0.118 e. The van der Waals surface area contributed by atoms with Crippen molar-refractivity contribution in [2.45, 2.75) is 32.9 Å². The molecular formula is C13H21P. The monoisotopic (exact) mass is 208 g/mol. The predicted octanol–water partition coefficient (Wildman–Crippen LogP) is 4.47. The maximum Gasteiger partial charge on any atom is 0.00164 e. The molecule has 0 aliphatic carbocycles. The second kappa shape index (κ2) is 4.94. The number of benzene rings is 1. The molecular weight excluding hydrogens is 187 g/mol. The van der Waals surface area contributed by atoms with Gasteiger partial charge in [0.25, 0.3) is 0 Å². The van der Waals surface area contributed by atoms with E-state index in [2.05, 4.69) is 57.8 Å². The van der Waals surface area contributed by atoms with Crippen molar-refractivity contribution < 1.29 is 0 Å². The molecule has 0 nitrogen and oxygen atoms in total. The molecule has 14 heavy (non-hydrogen) atoms. The molecule has 1 rings (SSSR count). The van der Waals surface area contributed by atoms with Crippen LogP contribution in [0, 0.1) is 5.41 Å². The summed E-state index contributed by atoms with van der Waals surface area (Å²) in [5.74, 6) is 0. The highest BCUT2D eigenvalue weighted by molar-refractivity contribution is 7.37. The molecule has 0 fully saturated rings. The lowest BCUT2D eigenvalue weighted by molar-refractivity contribution is 0.374. The van der Waals surface area contributed by atoms with Crippen LogP contribution in [0.3, 0.4) is 0 Å². The van der Waals surface area contributed by atoms with Gasteiger partial charge in [-0.3, -0.25) is 0 Å². The molecule has 0 amide bonds. The highest BCUT2D eigenvalue weighted by Crippen LogP contribution is 2.40. The third-order valence-corrected chi connectivity index (χ3v) is 3.60. The fraction of sp³-hybridized carbons (Fsp3) is 0.538. The molecule has 0 radical (unpaired) electrons. The van der Waals surface area contributed by atoms with E-state index >= 15 is 0 Å². The van der Waals surface area contributed by atoms with Crippen molar-refractivity contribution >= 4 is 8.58 Å². The Morgan fingerprint density at radius 2 is 1.71 bits per heavy atom. The third kappa shape index (κ3) is 3.80. The van der Waals surface area contributed by atoms with Gasteiger partial charge in [0.15, 0.2) is 0 Å². The van der Waals surface area contributed by atoms with E-state index in [1.54, 1.807) is 0 Å². The summed E-state index contributed by atoms with van der Waals surface area (Å²) < 4.78 is 0. The van der Waals surface area contributed by atoms with E-state index < -0.39 is 0 Å². The Morgan fingerprint density at radius 1 is 1.14 bits per heavy atom. The minimum atomic E-state index is 0.434. The van der Waals surface area contributed by atoms with E-state index in [1.807, 2.05) is 0 Å². The number of hydrogen-bond acceptors (Lipinski definition) is 0. The zero-order valence-corrected chi connectivity index (χ0v) is 10.7. The summed E-state index contributed by atoms with van der Waals surface area (Å²) in [4.78, 5) is 0. The molecule has 1 aromatic carbocycles. The summed E-state index contributed by atoms with van der Waals surface area (Å²) in [5.41, 5.74) is 2.68. The van der Waals surface area contributed by atoms with Crippen LogP contribution in [-0.2, 0) is 0 Å². The van der Waals surface area contributed by atoms with Crippen molar-refractivity contribution in [3.8, 4) is 0 Å². The van der Waals surface area contributed by atoms with Crippen LogP contribution in [0.5, 0.6) is 0 Å². The molecule has 0 saturated carbocycles. The highest BCUT2D eigenvalue weighted by atomic mass is 31.1. The molecule has 78 valence electrons. The highest BCUT2D eigenvalue weighted by Gasteiger charge is 2.18. The summed E-state index contributed by atoms with van der Waals surface area (Å²) >= 11 is 0. The molecule has 2 unspecified atom stereocenters. The first kappa shape index (κ1) is 11.7. The Kier molecular flexibility index (Phi) is 4.13. The van der Waals surface area contributed by atoms with Gasteiger partial charge >= 0.3 is 0 Å². The van der Waals surface area contributed by atoms with Crippen molar-refractivity contribution in [1.29, 1.82) is 0 Å². The molecule has 1 aromatic rings. The summed E-state index contributed by atoms with van der Waals surface area (Å²) in [6.07, 6.45) is 1.28. The van der Waals surface area contributed by atoms with Gasteiger partial charge in [-0.1, -0.05) is 51.1 Å². The van der Waals surface area contributed by atoms with Crippen LogP contribution < -0.4 is 0 Å². The zero-order chi connectivity index (χ0) is 10.6. The van der Waals surface area contributed by atoms with Crippen molar-refractivity contribution in [2.24, 2.45) is 5.41 Å². The lowest BCUT2D eigenvalue weighted by Gasteiger charge is -2.25. The van der Waals surface area contributed by atoms with E-state index in [1.165, 1.54) is 12.0 Å². The second-order valence-electron chi connectivity index (χ2n) is 5.02. The molecule has 0 aliphatic heterocycles. The minimum absolute atomic E-state index is 0.434. The van der Waals surface area contributed by atoms with E-state index in [4.69, 9.17) is 0 Å². The maximum absolute atomic E-state index is 2.32. The van der Waals surface area contributed by atoms with Crippen LogP contribution in [-0.4, -0.2) is 6.66 Å². The maximum atomic E-state index is 2.32. The zero-order valence-electron chi connectivity index (χ0n) is 9.67. The third-order valence-electron chi connectivity index (χ3n) is 2.37. The van der Waals surface area contributed by atoms with E-state index in [-0.39, 0.29) is 0 Å². The Morgan fingerprint density at radius 3 is 2.14 bits per heavy atom. The van der Waals surface area contributed by atoms with Gasteiger partial charge in [0, 0.05) is 5.66 Å². The SMILES string of the molecule is CPC(CC(C)(C)C)c1ccccc1. The summed E-state index contributed by atoms with van der Waals surface area (Å²) in [6, 6.07) is 10.9. The normalized spacial score (nSPS) is 14.9. The van der Waals surface area contributed by atoms with Crippen LogP contribution in [0.2, 0.25) is 0 Å². The van der Waals surface area contributed by atoms with Crippen LogP contribution in [0.15, 0.2) is 30.3 Å². The van der Waals surface area contributed by atoms with Crippen molar-refractivity contribution in [3.05, 3.63) is 35.9 Å². The Bertz CT molecular complexity index is 258. The van der Waals surface area contributed by atoms with Gasteiger partial charge in [-0.25, -0.2) is 0 Å². The molecule has 0 aliphatic rings. The fourth-order valence-corrected chi connectivity index (χ4v) is 3.03. The fourth-order valence-electron chi connectivity index (χ4n) is 1.68. The van der Waals surface area contributed by atoms with Crippen molar-refractivity contribution in [1.82, 2.24) is 0 Å². The standard InChI is InChI=1S/C13H21P/c1-13(2,3)10-12(14-4)11-8-6-5-7-9-11/h5-9,12,14H,10H2,1-4H3. The van der Waals surface area contributed by atoms with Crippen LogP contribution in [0.4, 0.5) is 0 Å². The Hall–Kier alpha value is -0.350. The first-order valence-electron chi connectivity index (χ1n) is 5.25. The molecule has 1 heteroatoms. The topological polar surface area (TPSA) is 0 Å². The summed E-state index contributed by atoms with van der Waals surface area (Å²) in [7, 11) is 1.000. The van der Waals surface area contributed by atoms with Crippen LogP contribution in [0.25, 0.3) is 0 Å². The Labute approximate surface area is 89.9 Å². The van der Waals surface area contributed by atoms with Gasteiger partial charge in [0.05, 0.1) is 0 Å². The molecule has 0 spiro atoms. The van der Waals surface area contributed by atoms with Crippen molar-refractivity contribution in [2.75, 3.05) is 6.66 Å². The molecule has 0 heterocycles. The predicted molar refractivity (Wildman–Crippen MR) is 67.5 cm³/mol. The van der Waals surface area contributed by atoms with Crippen LogP contribution in [0.1, 0.15) is 38.4 Å². The van der Waals surface area contributed by atoms with E-state index in [0.29, 0.717) is 5.41 Å². The van der Waals surface area contributed by atoms with E-state index in [0.717, 1.165) is 14.2 Å². The van der Waals surface area contributed by atoms with Gasteiger partial charge in [-0.05, 0) is 24.1 Å². The molecule has 2 atom stereocenters. The number of rotatable bonds is 3. The van der Waals surface area contributed by atoms with Crippen LogP contribution >= 0.6 is 8.58 Å². The lowest BCUT2D eigenvalue weighted by Crippen LogP contribution is -2.09. The van der Waals surface area contributed by atoms with Gasteiger partial charge in [0.1, 0.15) is 0 Å². The minimum Gasteiger partial charge on any atom is -0.118 e. The summed E-state index contributed by atoms with van der Waals surface area (Å²) in [5, 5.41) is 0. The molecule has 0 N–H and O–H groups in total. The Balaban J connectivity index is 2.73. The second-order valence-corrected chi connectivity index (χ2v) is 6.29. The average Bonchev–Trinajstić information content (AvgIpc) is 2.14. The molecule has 0 saturated heterocycles. The molecule has 0 bridgehead atoms. The van der Waals surface area contributed by atoms with Gasteiger partial charge < -0.3 is 0 Å². The smallest absolute Gasteiger partial charge is 0.00164 e. The van der Waals surface area contributed by atoms with Crippen molar-refractivity contribution in [3.63, 3.8) is 0 Å². The van der Waals surface area contributed by atoms with Gasteiger partial charge in [-0.2, -0.15) is 0 Å². The summed E-state index contributed by atoms with van der Waals surface area (Å²) in [6.45, 7) is 9.28. The number of hydrogen-bond donors (Lipinski definition) is 0. The average molecular weight is 208 g/mol.